The normalized spacial score (nSPS) is 11.3. The molecule has 0 aliphatic rings. The van der Waals surface area contributed by atoms with Crippen molar-refractivity contribution in [2.24, 2.45) is 0 Å². The molecule has 0 radical (unpaired) electrons. The van der Waals surface area contributed by atoms with Crippen molar-refractivity contribution in [3.05, 3.63) is 63.5 Å². The number of rotatable bonds is 2. The van der Waals surface area contributed by atoms with E-state index in [1.165, 1.54) is 0 Å². The molecular weight excluding hydrogens is 326 g/mol. The maximum Gasteiger partial charge on any atom is 0.354 e. The summed E-state index contributed by atoms with van der Waals surface area (Å²) in [5, 5.41) is 4.31. The monoisotopic (exact) mass is 339 g/mol. The molecule has 6 heteroatoms. The third-order valence-electron chi connectivity index (χ3n) is 3.96. The van der Waals surface area contributed by atoms with E-state index in [0.717, 1.165) is 16.6 Å². The lowest BCUT2D eigenvalue weighted by molar-refractivity contribution is 0.665. The second-order valence-electron chi connectivity index (χ2n) is 5.59. The van der Waals surface area contributed by atoms with Gasteiger partial charge in [0.2, 0.25) is 0 Å². The summed E-state index contributed by atoms with van der Waals surface area (Å²) in [5.41, 5.74) is 3.25. The van der Waals surface area contributed by atoms with Crippen molar-refractivity contribution >= 4 is 39.5 Å². The Kier molecular flexibility index (Phi) is 3.32. The topological polar surface area (TPSA) is 60.1 Å². The summed E-state index contributed by atoms with van der Waals surface area (Å²) < 4.78 is 7.51. The number of benzene rings is 2. The van der Waals surface area contributed by atoms with Crippen molar-refractivity contribution in [2.45, 2.75) is 6.92 Å². The van der Waals surface area contributed by atoms with Crippen molar-refractivity contribution in [3.8, 4) is 5.69 Å². The van der Waals surface area contributed by atoms with E-state index in [2.05, 4.69) is 10.3 Å². The van der Waals surface area contributed by atoms with Crippen LogP contribution < -0.4 is 11.0 Å². The summed E-state index contributed by atoms with van der Waals surface area (Å²) >= 11 is 6.07. The lowest BCUT2D eigenvalue weighted by Gasteiger charge is -2.09. The SMILES string of the molecule is CNc1nc(=O)n(-c2cccc(C)c2)c2c1oc1cc(Cl)ccc12. The molecule has 0 unspecified atom stereocenters. The highest BCUT2D eigenvalue weighted by atomic mass is 35.5. The summed E-state index contributed by atoms with van der Waals surface area (Å²) in [7, 11) is 1.71. The first-order valence-electron chi connectivity index (χ1n) is 7.48. The van der Waals surface area contributed by atoms with Gasteiger partial charge >= 0.3 is 5.69 Å². The maximum absolute atomic E-state index is 12.7. The molecule has 0 aliphatic heterocycles. The number of furan rings is 1. The van der Waals surface area contributed by atoms with E-state index >= 15 is 0 Å². The number of hydrogen-bond acceptors (Lipinski definition) is 4. The van der Waals surface area contributed by atoms with Crippen LogP contribution in [0.25, 0.3) is 27.8 Å². The zero-order valence-corrected chi connectivity index (χ0v) is 13.9. The number of fused-ring (bicyclic) bond motifs is 3. The largest absolute Gasteiger partial charge is 0.450 e. The molecule has 0 aliphatic carbocycles. The summed E-state index contributed by atoms with van der Waals surface area (Å²) in [4.78, 5) is 16.8. The van der Waals surface area contributed by atoms with E-state index in [-0.39, 0.29) is 5.69 Å². The molecule has 2 aromatic carbocycles. The van der Waals surface area contributed by atoms with Crippen LogP contribution in [0.5, 0.6) is 0 Å². The fraction of sp³-hybridized carbons (Fsp3) is 0.111. The minimum Gasteiger partial charge on any atom is -0.450 e. The van der Waals surface area contributed by atoms with Crippen LogP contribution in [0.4, 0.5) is 5.82 Å². The second-order valence-corrected chi connectivity index (χ2v) is 6.02. The Hall–Kier alpha value is -2.79. The van der Waals surface area contributed by atoms with E-state index in [9.17, 15) is 4.79 Å². The van der Waals surface area contributed by atoms with Crippen LogP contribution in [-0.4, -0.2) is 16.6 Å². The predicted molar refractivity (Wildman–Crippen MR) is 96.4 cm³/mol. The van der Waals surface area contributed by atoms with Crippen molar-refractivity contribution in [1.29, 1.82) is 0 Å². The smallest absolute Gasteiger partial charge is 0.354 e. The van der Waals surface area contributed by atoms with Crippen molar-refractivity contribution in [2.75, 3.05) is 12.4 Å². The van der Waals surface area contributed by atoms with Crippen LogP contribution in [-0.2, 0) is 0 Å². The van der Waals surface area contributed by atoms with Gasteiger partial charge in [0.25, 0.3) is 0 Å². The number of aryl methyl sites for hydroxylation is 1. The predicted octanol–water partition coefficient (Wildman–Crippen LogP) is 4.14. The van der Waals surface area contributed by atoms with Gasteiger partial charge in [0.15, 0.2) is 11.4 Å². The Balaban J connectivity index is 2.22. The zero-order valence-electron chi connectivity index (χ0n) is 13.1. The van der Waals surface area contributed by atoms with Gasteiger partial charge in [0, 0.05) is 23.5 Å². The third-order valence-corrected chi connectivity index (χ3v) is 4.20. The second kappa shape index (κ2) is 5.39. The summed E-state index contributed by atoms with van der Waals surface area (Å²) in [5.74, 6) is 0.409. The minimum absolute atomic E-state index is 0.366. The van der Waals surface area contributed by atoms with Gasteiger partial charge in [-0.2, -0.15) is 4.98 Å². The summed E-state index contributed by atoms with van der Waals surface area (Å²) in [6.07, 6.45) is 0. The molecule has 0 bridgehead atoms. The fourth-order valence-corrected chi connectivity index (χ4v) is 3.07. The van der Waals surface area contributed by atoms with Crippen LogP contribution in [0.15, 0.2) is 51.7 Å². The maximum atomic E-state index is 12.7. The highest BCUT2D eigenvalue weighted by Crippen LogP contribution is 2.33. The summed E-state index contributed by atoms with van der Waals surface area (Å²) in [6, 6.07) is 13.1. The Bertz CT molecular complexity index is 1140. The Labute approximate surface area is 142 Å². The Morgan fingerprint density at radius 3 is 2.79 bits per heavy atom. The van der Waals surface area contributed by atoms with Crippen molar-refractivity contribution in [3.63, 3.8) is 0 Å². The molecule has 0 fully saturated rings. The molecule has 24 heavy (non-hydrogen) atoms. The van der Waals surface area contributed by atoms with E-state index < -0.39 is 0 Å². The van der Waals surface area contributed by atoms with Gasteiger partial charge in [0.1, 0.15) is 11.1 Å². The number of halogens is 1. The van der Waals surface area contributed by atoms with Gasteiger partial charge in [-0.25, -0.2) is 4.79 Å². The minimum atomic E-state index is -0.366. The van der Waals surface area contributed by atoms with E-state index in [1.807, 2.05) is 37.3 Å². The van der Waals surface area contributed by atoms with E-state index in [1.54, 1.807) is 23.7 Å². The van der Waals surface area contributed by atoms with Crippen LogP contribution in [0, 0.1) is 6.92 Å². The van der Waals surface area contributed by atoms with Crippen LogP contribution in [0.2, 0.25) is 5.02 Å². The molecule has 1 N–H and O–H groups in total. The number of aromatic nitrogens is 2. The lowest BCUT2D eigenvalue weighted by Crippen LogP contribution is -2.22. The molecular formula is C18H14ClN3O2. The first kappa shape index (κ1) is 14.8. The van der Waals surface area contributed by atoms with Crippen LogP contribution in [0.3, 0.4) is 0 Å². The quantitative estimate of drug-likeness (QED) is 0.596. The van der Waals surface area contributed by atoms with E-state index in [4.69, 9.17) is 16.0 Å². The molecule has 0 saturated heterocycles. The van der Waals surface area contributed by atoms with Crippen LogP contribution >= 0.6 is 11.6 Å². The van der Waals surface area contributed by atoms with Gasteiger partial charge < -0.3 is 9.73 Å². The number of nitrogens with zero attached hydrogens (tertiary/aromatic N) is 2. The molecule has 2 aromatic heterocycles. The average Bonchev–Trinajstić information content (AvgIpc) is 2.92. The zero-order chi connectivity index (χ0) is 16.8. The fourth-order valence-electron chi connectivity index (χ4n) is 2.91. The first-order valence-corrected chi connectivity index (χ1v) is 7.86. The molecule has 0 atom stereocenters. The number of hydrogen-bond donors (Lipinski definition) is 1. The van der Waals surface area contributed by atoms with Crippen LogP contribution in [0.1, 0.15) is 5.56 Å². The van der Waals surface area contributed by atoms with Gasteiger partial charge in [0.05, 0.1) is 5.69 Å². The molecule has 2 heterocycles. The standard InChI is InChI=1S/C18H14ClN3O2/c1-10-4-3-5-12(8-10)22-15-13-7-6-11(19)9-14(13)24-16(15)17(20-2)21-18(22)23/h3-9H,1-2H3,(H,20,21,23). The molecule has 0 amide bonds. The lowest BCUT2D eigenvalue weighted by atomic mass is 10.2. The molecule has 4 aromatic rings. The number of anilines is 1. The molecule has 0 spiro atoms. The van der Waals surface area contributed by atoms with Gasteiger partial charge in [-0.1, -0.05) is 23.7 Å². The highest BCUT2D eigenvalue weighted by Gasteiger charge is 2.19. The Morgan fingerprint density at radius 2 is 2.04 bits per heavy atom. The van der Waals surface area contributed by atoms with Gasteiger partial charge in [-0.15, -0.1) is 0 Å². The third kappa shape index (κ3) is 2.17. The van der Waals surface area contributed by atoms with Crippen molar-refractivity contribution in [1.82, 2.24) is 9.55 Å². The van der Waals surface area contributed by atoms with E-state index in [0.29, 0.717) is 27.5 Å². The van der Waals surface area contributed by atoms with Gasteiger partial charge in [-0.3, -0.25) is 4.57 Å². The summed E-state index contributed by atoms with van der Waals surface area (Å²) in [6.45, 7) is 1.98. The molecule has 5 nitrogen and oxygen atoms in total. The van der Waals surface area contributed by atoms with Crippen molar-refractivity contribution < 1.29 is 4.42 Å². The number of nitrogens with one attached hydrogen (secondary N) is 1. The first-order chi connectivity index (χ1) is 11.6. The highest BCUT2D eigenvalue weighted by molar-refractivity contribution is 6.31. The molecule has 4 rings (SSSR count). The Morgan fingerprint density at radius 1 is 1.21 bits per heavy atom. The molecule has 120 valence electrons. The van der Waals surface area contributed by atoms with Gasteiger partial charge in [-0.05, 0) is 36.8 Å². The molecule has 0 saturated carbocycles. The average molecular weight is 340 g/mol.